The van der Waals surface area contributed by atoms with Gasteiger partial charge < -0.3 is 0 Å². The molecule has 98 valence electrons. The number of fused-ring (bicyclic) bond motifs is 1. The quantitative estimate of drug-likeness (QED) is 0.803. The zero-order valence-corrected chi connectivity index (χ0v) is 12.2. The molecular formula is C15H21NOS. The molecule has 0 radical (unpaired) electrons. The number of hydrogen-bond donors (Lipinski definition) is 0. The van der Waals surface area contributed by atoms with Gasteiger partial charge in [0, 0.05) is 6.54 Å². The molecule has 3 fully saturated rings. The summed E-state index contributed by atoms with van der Waals surface area (Å²) in [5.41, 5.74) is 1.40. The van der Waals surface area contributed by atoms with Gasteiger partial charge in [0.05, 0.1) is 10.3 Å². The summed E-state index contributed by atoms with van der Waals surface area (Å²) in [7, 11) is -0.908. The second kappa shape index (κ2) is 3.91. The first-order chi connectivity index (χ1) is 8.43. The van der Waals surface area contributed by atoms with Crippen LogP contribution >= 0.6 is 0 Å². The molecule has 1 aliphatic carbocycles. The summed E-state index contributed by atoms with van der Waals surface area (Å²) in [6.07, 6.45) is 2.36. The van der Waals surface area contributed by atoms with Crippen LogP contribution in [0.1, 0.15) is 39.2 Å². The first-order valence-electron chi connectivity index (χ1n) is 6.69. The van der Waals surface area contributed by atoms with Gasteiger partial charge in [-0.3, -0.25) is 0 Å². The summed E-state index contributed by atoms with van der Waals surface area (Å²) in [6.45, 7) is 7.20. The highest BCUT2D eigenvalue weighted by molar-refractivity contribution is 7.84. The van der Waals surface area contributed by atoms with Gasteiger partial charge in [-0.05, 0) is 45.1 Å². The van der Waals surface area contributed by atoms with Crippen molar-refractivity contribution in [1.82, 2.24) is 4.31 Å². The monoisotopic (exact) mass is 263 g/mol. The molecule has 1 saturated carbocycles. The molecule has 0 N–H and O–H groups in total. The average molecular weight is 263 g/mol. The van der Waals surface area contributed by atoms with Crippen LogP contribution in [-0.2, 0) is 16.5 Å². The minimum Gasteiger partial charge on any atom is -0.242 e. The van der Waals surface area contributed by atoms with E-state index in [1.165, 1.54) is 18.4 Å². The van der Waals surface area contributed by atoms with Crippen molar-refractivity contribution >= 4 is 11.0 Å². The Morgan fingerprint density at radius 3 is 2.39 bits per heavy atom. The van der Waals surface area contributed by atoms with Crippen molar-refractivity contribution in [3.63, 3.8) is 0 Å². The Bertz CT molecular complexity index is 471. The average Bonchev–Trinajstić information content (AvgIpc) is 2.82. The first-order valence-corrected chi connectivity index (χ1v) is 7.79. The number of rotatable bonds is 2. The zero-order valence-electron chi connectivity index (χ0n) is 11.3. The number of benzene rings is 1. The van der Waals surface area contributed by atoms with Crippen LogP contribution in [-0.4, -0.2) is 19.8 Å². The SMILES string of the molecule is CC(C)(C)S(=O)N1CC2CC1(c1ccccc1)C2. The van der Waals surface area contributed by atoms with Crippen LogP contribution in [0.15, 0.2) is 30.3 Å². The summed E-state index contributed by atoms with van der Waals surface area (Å²) in [4.78, 5) is 0. The Kier molecular flexibility index (Phi) is 2.69. The highest BCUT2D eigenvalue weighted by Gasteiger charge is 2.59. The van der Waals surface area contributed by atoms with Gasteiger partial charge in [-0.15, -0.1) is 0 Å². The third-order valence-corrected chi connectivity index (χ3v) is 6.14. The van der Waals surface area contributed by atoms with Gasteiger partial charge in [-0.1, -0.05) is 30.3 Å². The number of hydrogen-bond acceptors (Lipinski definition) is 1. The maximum atomic E-state index is 12.7. The highest BCUT2D eigenvalue weighted by atomic mass is 32.2. The van der Waals surface area contributed by atoms with E-state index in [-0.39, 0.29) is 10.3 Å². The van der Waals surface area contributed by atoms with Crippen molar-refractivity contribution in [3.8, 4) is 0 Å². The molecule has 2 aliphatic heterocycles. The third-order valence-electron chi connectivity index (χ3n) is 4.19. The summed E-state index contributed by atoms with van der Waals surface area (Å²) >= 11 is 0. The van der Waals surface area contributed by atoms with E-state index in [0.717, 1.165) is 12.5 Å². The fourth-order valence-electron chi connectivity index (χ4n) is 3.32. The molecule has 0 amide bonds. The standard InChI is InChI=1S/C15H21NOS/c1-14(2,3)18(17)16-11-12-9-15(16,10-12)13-7-5-4-6-8-13/h4-8,12H,9-11H2,1-3H3. The molecule has 0 spiro atoms. The Labute approximate surface area is 112 Å². The Balaban J connectivity index is 1.96. The second-order valence-electron chi connectivity index (χ2n) is 6.59. The zero-order chi connectivity index (χ0) is 13.0. The van der Waals surface area contributed by atoms with E-state index in [1.54, 1.807) is 0 Å². The van der Waals surface area contributed by atoms with Gasteiger partial charge >= 0.3 is 0 Å². The minimum absolute atomic E-state index is 0.0596. The molecule has 1 unspecified atom stereocenters. The molecular weight excluding hydrogens is 242 g/mol. The molecule has 3 aliphatic rings. The highest BCUT2D eigenvalue weighted by Crippen LogP contribution is 2.58. The molecule has 1 atom stereocenters. The summed E-state index contributed by atoms with van der Waals surface area (Å²) in [6, 6.07) is 10.6. The van der Waals surface area contributed by atoms with Crippen LogP contribution in [0.5, 0.6) is 0 Å². The van der Waals surface area contributed by atoms with Crippen LogP contribution in [0.3, 0.4) is 0 Å². The minimum atomic E-state index is -0.908. The van der Waals surface area contributed by atoms with Gasteiger partial charge in [-0.25, -0.2) is 8.51 Å². The van der Waals surface area contributed by atoms with Crippen molar-refractivity contribution in [2.45, 2.75) is 43.9 Å². The van der Waals surface area contributed by atoms with Crippen molar-refractivity contribution in [2.24, 2.45) is 5.92 Å². The largest absolute Gasteiger partial charge is 0.242 e. The van der Waals surface area contributed by atoms with Crippen LogP contribution in [0.2, 0.25) is 0 Å². The fraction of sp³-hybridized carbons (Fsp3) is 0.600. The molecule has 2 heterocycles. The Hall–Kier alpha value is -0.670. The van der Waals surface area contributed by atoms with E-state index >= 15 is 0 Å². The smallest absolute Gasteiger partial charge is 0.101 e. The lowest BCUT2D eigenvalue weighted by molar-refractivity contribution is 0.173. The van der Waals surface area contributed by atoms with Gasteiger partial charge in [0.2, 0.25) is 0 Å². The van der Waals surface area contributed by atoms with E-state index in [9.17, 15) is 4.21 Å². The van der Waals surface area contributed by atoms with Crippen LogP contribution < -0.4 is 0 Å². The van der Waals surface area contributed by atoms with E-state index in [1.807, 2.05) is 0 Å². The molecule has 1 aromatic rings. The van der Waals surface area contributed by atoms with E-state index < -0.39 is 11.0 Å². The molecule has 2 saturated heterocycles. The molecule has 2 nitrogen and oxygen atoms in total. The van der Waals surface area contributed by atoms with Crippen LogP contribution in [0, 0.1) is 5.92 Å². The topological polar surface area (TPSA) is 20.3 Å². The summed E-state index contributed by atoms with van der Waals surface area (Å²) in [5, 5.41) is 0. The van der Waals surface area contributed by atoms with Gasteiger partial charge in [0.1, 0.15) is 11.0 Å². The fourth-order valence-corrected chi connectivity index (χ4v) is 4.90. The van der Waals surface area contributed by atoms with Gasteiger partial charge in [0.15, 0.2) is 0 Å². The predicted molar refractivity (Wildman–Crippen MR) is 75.4 cm³/mol. The second-order valence-corrected chi connectivity index (χ2v) is 8.76. The molecule has 0 aromatic heterocycles. The van der Waals surface area contributed by atoms with E-state index in [4.69, 9.17) is 0 Å². The van der Waals surface area contributed by atoms with Crippen molar-refractivity contribution in [2.75, 3.05) is 6.54 Å². The van der Waals surface area contributed by atoms with Gasteiger partial charge in [-0.2, -0.15) is 0 Å². The Morgan fingerprint density at radius 1 is 1.22 bits per heavy atom. The third kappa shape index (κ3) is 1.68. The molecule has 4 rings (SSSR count). The van der Waals surface area contributed by atoms with E-state index in [0.29, 0.717) is 0 Å². The lowest BCUT2D eigenvalue weighted by Crippen LogP contribution is -2.47. The van der Waals surface area contributed by atoms with E-state index in [2.05, 4.69) is 55.4 Å². The lowest BCUT2D eigenvalue weighted by Gasteiger charge is -2.43. The number of nitrogens with zero attached hydrogens (tertiary/aromatic N) is 1. The first kappa shape index (κ1) is 12.4. The molecule has 1 aromatic carbocycles. The van der Waals surface area contributed by atoms with Gasteiger partial charge in [0.25, 0.3) is 0 Å². The predicted octanol–water partition coefficient (Wildman–Crippen LogP) is 3.07. The molecule has 18 heavy (non-hydrogen) atoms. The maximum absolute atomic E-state index is 12.7. The molecule has 3 heteroatoms. The maximum Gasteiger partial charge on any atom is 0.101 e. The van der Waals surface area contributed by atoms with Crippen molar-refractivity contribution < 1.29 is 4.21 Å². The summed E-state index contributed by atoms with van der Waals surface area (Å²) < 4.78 is 14.8. The normalized spacial score (nSPS) is 33.2. The Morgan fingerprint density at radius 2 is 1.83 bits per heavy atom. The lowest BCUT2D eigenvalue weighted by atomic mass is 9.70. The van der Waals surface area contributed by atoms with Crippen molar-refractivity contribution in [3.05, 3.63) is 35.9 Å². The van der Waals surface area contributed by atoms with Crippen molar-refractivity contribution in [1.29, 1.82) is 0 Å². The van der Waals surface area contributed by atoms with Crippen LogP contribution in [0.25, 0.3) is 0 Å². The molecule has 2 bridgehead atoms. The summed E-state index contributed by atoms with van der Waals surface area (Å²) in [5.74, 6) is 0.747. The van der Waals surface area contributed by atoms with Crippen LogP contribution in [0.4, 0.5) is 0 Å².